The van der Waals surface area contributed by atoms with Crippen molar-refractivity contribution in [2.45, 2.75) is 13.0 Å². The average molecular weight is 550 g/mol. The van der Waals surface area contributed by atoms with Crippen LogP contribution in [0.25, 0.3) is 16.8 Å². The number of carbonyl (C=O) groups is 2. The Morgan fingerprint density at radius 3 is 2.27 bits per heavy atom. The van der Waals surface area contributed by atoms with E-state index in [9.17, 15) is 14.7 Å². The second-order valence-corrected chi connectivity index (χ2v) is 9.89. The molecule has 5 aromatic rings. The lowest BCUT2D eigenvalue weighted by Crippen LogP contribution is -2.37. The summed E-state index contributed by atoms with van der Waals surface area (Å²) in [5.74, 6) is -0.357. The minimum atomic E-state index is -1.21. The fraction of sp³-hybridized carbons (Fsp3) is 0.0938. The van der Waals surface area contributed by atoms with Gasteiger partial charge in [0.25, 0.3) is 5.91 Å². The van der Waals surface area contributed by atoms with Gasteiger partial charge >= 0.3 is 5.97 Å². The third-order valence-corrected chi connectivity index (χ3v) is 7.12. The number of carboxylic acids is 1. The fourth-order valence-corrected chi connectivity index (χ4v) is 5.15. The highest BCUT2D eigenvalue weighted by atomic mass is 35.5. The predicted octanol–water partition coefficient (Wildman–Crippen LogP) is 6.88. The van der Waals surface area contributed by atoms with Gasteiger partial charge in [-0.3, -0.25) is 4.79 Å². The lowest BCUT2D eigenvalue weighted by Gasteiger charge is -2.29. The normalized spacial score (nSPS) is 12.6. The molecule has 198 valence electrons. The van der Waals surface area contributed by atoms with Gasteiger partial charge in [-0.15, -0.1) is 0 Å². The molecule has 8 heteroatoms. The van der Waals surface area contributed by atoms with Crippen LogP contribution in [0.3, 0.4) is 0 Å². The summed E-state index contributed by atoms with van der Waals surface area (Å²) in [4.78, 5) is 28.4. The highest BCUT2D eigenvalue weighted by molar-refractivity contribution is 6.30. The maximum absolute atomic E-state index is 14.2. The summed E-state index contributed by atoms with van der Waals surface area (Å²) in [7, 11) is 0. The number of hydrogen-bond donors (Lipinski definition) is 1. The molecule has 40 heavy (non-hydrogen) atoms. The van der Waals surface area contributed by atoms with Crippen LogP contribution in [0.4, 0.5) is 0 Å². The van der Waals surface area contributed by atoms with Crippen LogP contribution in [-0.4, -0.2) is 38.2 Å². The standard InChI is InChI=1S/C32H24ClN3O4/c33-24-11-6-12-27(19-24)40-26-15-13-25(14-16-26)36-30(28(29(34-36)32(38)39)22-8-2-1-3-9-22)31(37)35-18-17-21-7-4-5-10-23(21)20-35/h1-16,19H,17-18,20H2,(H,38,39). The zero-order valence-corrected chi connectivity index (χ0v) is 22.1. The van der Waals surface area contributed by atoms with E-state index in [1.165, 1.54) is 10.2 Å². The van der Waals surface area contributed by atoms with E-state index < -0.39 is 5.97 Å². The van der Waals surface area contributed by atoms with Gasteiger partial charge in [0.15, 0.2) is 5.69 Å². The van der Waals surface area contributed by atoms with Gasteiger partial charge in [0.1, 0.15) is 17.2 Å². The van der Waals surface area contributed by atoms with Crippen molar-refractivity contribution in [3.8, 4) is 28.3 Å². The molecule has 0 radical (unpaired) electrons. The molecule has 0 saturated carbocycles. The number of nitrogens with zero attached hydrogens (tertiary/aromatic N) is 3. The zero-order valence-electron chi connectivity index (χ0n) is 21.3. The van der Waals surface area contributed by atoms with Gasteiger partial charge in [-0.05, 0) is 65.6 Å². The molecule has 1 amide bonds. The van der Waals surface area contributed by atoms with Crippen molar-refractivity contribution in [2.75, 3.05) is 6.54 Å². The maximum Gasteiger partial charge on any atom is 0.357 e. The highest BCUT2D eigenvalue weighted by Gasteiger charge is 2.32. The van der Waals surface area contributed by atoms with Gasteiger partial charge in [0.05, 0.1) is 5.69 Å². The molecule has 0 spiro atoms. The summed E-state index contributed by atoms with van der Waals surface area (Å²) in [6.45, 7) is 0.952. The summed E-state index contributed by atoms with van der Waals surface area (Å²) in [5.41, 5.74) is 3.73. The number of ether oxygens (including phenoxy) is 1. The molecule has 1 aromatic heterocycles. The number of aromatic nitrogens is 2. The summed E-state index contributed by atoms with van der Waals surface area (Å²) in [5, 5.41) is 15.1. The van der Waals surface area contributed by atoms with Gasteiger partial charge in [-0.25, -0.2) is 9.48 Å². The topological polar surface area (TPSA) is 84.7 Å². The van der Waals surface area contributed by atoms with E-state index in [2.05, 4.69) is 11.2 Å². The molecule has 0 bridgehead atoms. The summed E-state index contributed by atoms with van der Waals surface area (Å²) >= 11 is 6.07. The fourth-order valence-electron chi connectivity index (χ4n) is 4.97. The minimum Gasteiger partial charge on any atom is -0.476 e. The Balaban J connectivity index is 1.44. The number of halogens is 1. The number of rotatable bonds is 6. The van der Waals surface area contributed by atoms with E-state index in [1.54, 1.807) is 65.6 Å². The van der Waals surface area contributed by atoms with Gasteiger partial charge in [-0.2, -0.15) is 5.10 Å². The average Bonchev–Trinajstić information content (AvgIpc) is 3.38. The highest BCUT2D eigenvalue weighted by Crippen LogP contribution is 2.33. The van der Waals surface area contributed by atoms with Crippen LogP contribution < -0.4 is 4.74 Å². The van der Waals surface area contributed by atoms with Crippen molar-refractivity contribution in [3.63, 3.8) is 0 Å². The van der Waals surface area contributed by atoms with Gasteiger partial charge < -0.3 is 14.7 Å². The lowest BCUT2D eigenvalue weighted by atomic mass is 9.98. The van der Waals surface area contributed by atoms with Gasteiger partial charge in [0, 0.05) is 23.7 Å². The van der Waals surface area contributed by atoms with Crippen molar-refractivity contribution in [2.24, 2.45) is 0 Å². The second-order valence-electron chi connectivity index (χ2n) is 9.45. The minimum absolute atomic E-state index is 0.189. The molecule has 1 N–H and O–H groups in total. The van der Waals surface area contributed by atoms with Crippen molar-refractivity contribution in [1.29, 1.82) is 0 Å². The van der Waals surface area contributed by atoms with Crippen molar-refractivity contribution < 1.29 is 19.4 Å². The van der Waals surface area contributed by atoms with Crippen LogP contribution in [0.2, 0.25) is 5.02 Å². The Kier molecular flexibility index (Phi) is 6.80. The maximum atomic E-state index is 14.2. The van der Waals surface area contributed by atoms with E-state index in [0.717, 1.165) is 12.0 Å². The molecule has 0 fully saturated rings. The first-order valence-corrected chi connectivity index (χ1v) is 13.2. The molecule has 1 aliphatic heterocycles. The first-order valence-electron chi connectivity index (χ1n) is 12.8. The Bertz CT molecular complexity index is 1710. The van der Waals surface area contributed by atoms with Crippen molar-refractivity contribution in [3.05, 3.63) is 131 Å². The van der Waals surface area contributed by atoms with Crippen molar-refractivity contribution in [1.82, 2.24) is 14.7 Å². The van der Waals surface area contributed by atoms with Gasteiger partial charge in [-0.1, -0.05) is 72.3 Å². The van der Waals surface area contributed by atoms with Crippen LogP contribution in [-0.2, 0) is 13.0 Å². The van der Waals surface area contributed by atoms with E-state index in [-0.39, 0.29) is 22.9 Å². The molecule has 0 unspecified atom stereocenters. The second kappa shape index (κ2) is 10.7. The number of aromatic carboxylic acids is 1. The number of carboxylic acid groups (broad SMARTS) is 1. The van der Waals surface area contributed by atoms with Crippen LogP contribution in [0.1, 0.15) is 32.1 Å². The Morgan fingerprint density at radius 2 is 1.55 bits per heavy atom. The monoisotopic (exact) mass is 549 g/mol. The quantitative estimate of drug-likeness (QED) is 0.249. The molecule has 0 saturated heterocycles. The Labute approximate surface area is 235 Å². The molecule has 0 aliphatic carbocycles. The van der Waals surface area contributed by atoms with Crippen molar-refractivity contribution >= 4 is 23.5 Å². The summed E-state index contributed by atoms with van der Waals surface area (Å²) in [6.07, 6.45) is 0.720. The first-order chi connectivity index (χ1) is 19.5. The Morgan fingerprint density at radius 1 is 0.825 bits per heavy atom. The predicted molar refractivity (Wildman–Crippen MR) is 152 cm³/mol. The smallest absolute Gasteiger partial charge is 0.357 e. The molecule has 1 aliphatic rings. The molecular weight excluding hydrogens is 526 g/mol. The number of hydrogen-bond acceptors (Lipinski definition) is 4. The number of benzene rings is 4. The van der Waals surface area contributed by atoms with Crippen LogP contribution >= 0.6 is 11.6 Å². The van der Waals surface area contributed by atoms with E-state index in [1.807, 2.05) is 36.4 Å². The summed E-state index contributed by atoms with van der Waals surface area (Å²) in [6, 6.07) is 31.1. The molecule has 7 nitrogen and oxygen atoms in total. The number of fused-ring (bicyclic) bond motifs is 1. The van der Waals surface area contributed by atoms with E-state index in [4.69, 9.17) is 16.3 Å². The molecule has 0 atom stereocenters. The molecule has 2 heterocycles. The van der Waals surface area contributed by atoms with Crippen LogP contribution in [0.15, 0.2) is 103 Å². The molecule has 4 aromatic carbocycles. The van der Waals surface area contributed by atoms with Gasteiger partial charge in [0.2, 0.25) is 0 Å². The first kappa shape index (κ1) is 25.4. The van der Waals surface area contributed by atoms with E-state index >= 15 is 0 Å². The number of carbonyl (C=O) groups excluding carboxylic acids is 1. The van der Waals surface area contributed by atoms with Crippen LogP contribution in [0.5, 0.6) is 11.5 Å². The molecule has 6 rings (SSSR count). The molecular formula is C32H24ClN3O4. The largest absolute Gasteiger partial charge is 0.476 e. The Hall–Kier alpha value is -4.88. The SMILES string of the molecule is O=C(O)c1nn(-c2ccc(Oc3cccc(Cl)c3)cc2)c(C(=O)N2CCc3ccccc3C2)c1-c1ccccc1. The zero-order chi connectivity index (χ0) is 27.6. The lowest BCUT2D eigenvalue weighted by molar-refractivity contribution is 0.0689. The number of amides is 1. The van der Waals surface area contributed by atoms with Crippen LogP contribution in [0, 0.1) is 0 Å². The van der Waals surface area contributed by atoms with E-state index in [0.29, 0.717) is 40.9 Å². The third kappa shape index (κ3) is 4.95. The summed E-state index contributed by atoms with van der Waals surface area (Å²) < 4.78 is 7.34. The third-order valence-electron chi connectivity index (χ3n) is 6.88.